The molecule has 0 heterocycles. The SMILES string of the molecule is CCCCCCC/C=C\C/C=C\C/C=C\CCCCCCCCCCCCC(=O)OC(COC(=O)CCCCCCCCC)COC(=O)CCCCCCCCCCCCCCCCC/C=C\C/C=C\CCCCCCC. The lowest BCUT2D eigenvalue weighted by Gasteiger charge is -2.18. The minimum atomic E-state index is -0.773. The van der Waals surface area contributed by atoms with E-state index in [1.54, 1.807) is 0 Å². The van der Waals surface area contributed by atoms with Crippen LogP contribution in [0.5, 0.6) is 0 Å². The number of carbonyl (C=O) groups is 3. The largest absolute Gasteiger partial charge is 0.462 e. The molecule has 0 bridgehead atoms. The standard InChI is InChI=1S/C71H128O6/c1-4-7-10-13-16-18-20-22-24-26-28-30-32-34-35-37-38-40-42-44-46-48-50-52-55-58-61-64-70(73)76-67-68(66-75-69(72)63-60-57-54-15-12-9-6-3)77-71(74)65-62-59-56-53-51-49-47-45-43-41-39-36-33-31-29-27-25-23-21-19-17-14-11-8-5-2/h20-23,26-29,33,36,68H,4-19,24-25,30-32,34-35,37-67H2,1-3H3/b22-20-,23-21-,28-26-,29-27-,36-33-. The van der Waals surface area contributed by atoms with E-state index in [2.05, 4.69) is 81.5 Å². The Kier molecular flexibility index (Phi) is 63.2. The van der Waals surface area contributed by atoms with Gasteiger partial charge in [-0.25, -0.2) is 0 Å². The fraction of sp³-hybridized carbons (Fsp3) is 0.817. The van der Waals surface area contributed by atoms with Gasteiger partial charge in [0.2, 0.25) is 0 Å². The third-order valence-corrected chi connectivity index (χ3v) is 15.0. The second-order valence-electron chi connectivity index (χ2n) is 22.7. The van der Waals surface area contributed by atoms with Crippen molar-refractivity contribution in [3.8, 4) is 0 Å². The first-order valence-electron chi connectivity index (χ1n) is 33.8. The van der Waals surface area contributed by atoms with Crippen molar-refractivity contribution in [2.24, 2.45) is 0 Å². The first kappa shape index (κ1) is 74.1. The summed E-state index contributed by atoms with van der Waals surface area (Å²) in [4.78, 5) is 38.1. The summed E-state index contributed by atoms with van der Waals surface area (Å²) in [5, 5.41) is 0. The van der Waals surface area contributed by atoms with Crippen molar-refractivity contribution < 1.29 is 28.6 Å². The average molecular weight is 1080 g/mol. The van der Waals surface area contributed by atoms with Crippen LogP contribution in [0, 0.1) is 0 Å². The zero-order chi connectivity index (χ0) is 55.7. The van der Waals surface area contributed by atoms with E-state index in [9.17, 15) is 14.4 Å². The molecule has 6 heteroatoms. The predicted molar refractivity (Wildman–Crippen MR) is 335 cm³/mol. The summed E-state index contributed by atoms with van der Waals surface area (Å²) in [7, 11) is 0. The van der Waals surface area contributed by atoms with E-state index in [0.29, 0.717) is 19.3 Å². The highest BCUT2D eigenvalue weighted by Gasteiger charge is 2.19. The number of carbonyl (C=O) groups excluding carboxylic acids is 3. The van der Waals surface area contributed by atoms with Gasteiger partial charge in [0.05, 0.1) is 0 Å². The van der Waals surface area contributed by atoms with Crippen LogP contribution < -0.4 is 0 Å². The van der Waals surface area contributed by atoms with Gasteiger partial charge in [-0.3, -0.25) is 14.4 Å². The summed E-state index contributed by atoms with van der Waals surface area (Å²) in [6.45, 7) is 6.62. The lowest BCUT2D eigenvalue weighted by molar-refractivity contribution is -0.167. The van der Waals surface area contributed by atoms with Crippen molar-refractivity contribution in [2.45, 2.75) is 361 Å². The van der Waals surface area contributed by atoms with Crippen molar-refractivity contribution in [3.05, 3.63) is 60.8 Å². The van der Waals surface area contributed by atoms with E-state index in [-0.39, 0.29) is 31.1 Å². The van der Waals surface area contributed by atoms with Gasteiger partial charge in [0.15, 0.2) is 6.10 Å². The topological polar surface area (TPSA) is 78.9 Å². The molecule has 0 saturated heterocycles. The summed E-state index contributed by atoms with van der Waals surface area (Å²) in [6.07, 6.45) is 84.1. The molecule has 448 valence electrons. The highest BCUT2D eigenvalue weighted by Crippen LogP contribution is 2.17. The van der Waals surface area contributed by atoms with E-state index in [4.69, 9.17) is 14.2 Å². The lowest BCUT2D eigenvalue weighted by Crippen LogP contribution is -2.30. The maximum atomic E-state index is 12.9. The van der Waals surface area contributed by atoms with Crippen molar-refractivity contribution in [1.82, 2.24) is 0 Å². The minimum Gasteiger partial charge on any atom is -0.462 e. The number of rotatable bonds is 62. The van der Waals surface area contributed by atoms with Gasteiger partial charge >= 0.3 is 17.9 Å². The molecule has 0 N–H and O–H groups in total. The van der Waals surface area contributed by atoms with Gasteiger partial charge in [-0.1, -0.05) is 306 Å². The Morgan fingerprint density at radius 1 is 0.260 bits per heavy atom. The molecule has 0 aliphatic heterocycles. The maximum absolute atomic E-state index is 12.9. The Bertz CT molecular complexity index is 1380. The molecule has 0 aromatic carbocycles. The fourth-order valence-electron chi connectivity index (χ4n) is 9.89. The fourth-order valence-corrected chi connectivity index (χ4v) is 9.89. The van der Waals surface area contributed by atoms with E-state index in [0.717, 1.165) is 77.0 Å². The van der Waals surface area contributed by atoms with E-state index < -0.39 is 6.10 Å². The minimum absolute atomic E-state index is 0.0726. The number of allylic oxidation sites excluding steroid dienone is 10. The molecule has 1 atom stereocenters. The van der Waals surface area contributed by atoms with Gasteiger partial charge in [0.25, 0.3) is 0 Å². The van der Waals surface area contributed by atoms with Crippen LogP contribution in [0.25, 0.3) is 0 Å². The molecular formula is C71H128O6. The molecule has 0 aromatic rings. The Morgan fingerprint density at radius 2 is 0.468 bits per heavy atom. The molecule has 0 saturated carbocycles. The summed E-state index contributed by atoms with van der Waals surface area (Å²) in [6, 6.07) is 0. The van der Waals surface area contributed by atoms with Gasteiger partial charge < -0.3 is 14.2 Å². The summed E-state index contributed by atoms with van der Waals surface area (Å²) in [5.74, 6) is -0.866. The van der Waals surface area contributed by atoms with Crippen LogP contribution in [-0.4, -0.2) is 37.2 Å². The first-order chi connectivity index (χ1) is 38.0. The molecule has 0 rings (SSSR count). The highest BCUT2D eigenvalue weighted by atomic mass is 16.6. The molecule has 0 fully saturated rings. The molecule has 1 unspecified atom stereocenters. The predicted octanol–water partition coefficient (Wildman–Crippen LogP) is 23.1. The second-order valence-corrected chi connectivity index (χ2v) is 22.7. The van der Waals surface area contributed by atoms with Gasteiger partial charge in [-0.15, -0.1) is 0 Å². The Hall–Kier alpha value is -2.89. The van der Waals surface area contributed by atoms with Crippen LogP contribution in [0.3, 0.4) is 0 Å². The van der Waals surface area contributed by atoms with E-state index in [1.165, 1.54) is 238 Å². The highest BCUT2D eigenvalue weighted by molar-refractivity contribution is 5.71. The second kappa shape index (κ2) is 65.6. The third kappa shape index (κ3) is 63.8. The molecule has 0 aliphatic carbocycles. The number of hydrogen-bond acceptors (Lipinski definition) is 6. The quantitative estimate of drug-likeness (QED) is 0.0261. The van der Waals surface area contributed by atoms with Crippen molar-refractivity contribution in [1.29, 1.82) is 0 Å². The number of hydrogen-bond donors (Lipinski definition) is 0. The number of unbranched alkanes of at least 4 members (excludes halogenated alkanes) is 41. The van der Waals surface area contributed by atoms with Crippen LogP contribution in [0.4, 0.5) is 0 Å². The van der Waals surface area contributed by atoms with Crippen molar-refractivity contribution in [3.63, 3.8) is 0 Å². The van der Waals surface area contributed by atoms with Crippen molar-refractivity contribution in [2.75, 3.05) is 13.2 Å². The Balaban J connectivity index is 4.09. The van der Waals surface area contributed by atoms with Crippen LogP contribution in [0.15, 0.2) is 60.8 Å². The smallest absolute Gasteiger partial charge is 0.306 e. The normalized spacial score (nSPS) is 12.4. The van der Waals surface area contributed by atoms with E-state index >= 15 is 0 Å². The molecule has 77 heavy (non-hydrogen) atoms. The summed E-state index contributed by atoms with van der Waals surface area (Å²) in [5.41, 5.74) is 0. The zero-order valence-corrected chi connectivity index (χ0v) is 51.5. The first-order valence-corrected chi connectivity index (χ1v) is 33.8. The van der Waals surface area contributed by atoms with Crippen LogP contribution in [0.2, 0.25) is 0 Å². The molecule has 0 amide bonds. The van der Waals surface area contributed by atoms with Gasteiger partial charge in [-0.05, 0) is 89.9 Å². The summed E-state index contributed by atoms with van der Waals surface area (Å²) < 4.78 is 16.9. The van der Waals surface area contributed by atoms with E-state index in [1.807, 2.05) is 0 Å². The monoisotopic (exact) mass is 1080 g/mol. The van der Waals surface area contributed by atoms with Crippen molar-refractivity contribution >= 4 is 17.9 Å². The molecule has 0 aliphatic rings. The summed E-state index contributed by atoms with van der Waals surface area (Å²) >= 11 is 0. The molecule has 0 radical (unpaired) electrons. The van der Waals surface area contributed by atoms with Crippen LogP contribution in [0.1, 0.15) is 355 Å². The van der Waals surface area contributed by atoms with Crippen LogP contribution in [-0.2, 0) is 28.6 Å². The molecular weight excluding hydrogens is 949 g/mol. The zero-order valence-electron chi connectivity index (χ0n) is 51.5. The molecule has 6 nitrogen and oxygen atoms in total. The van der Waals surface area contributed by atoms with Gasteiger partial charge in [-0.2, -0.15) is 0 Å². The van der Waals surface area contributed by atoms with Gasteiger partial charge in [0, 0.05) is 19.3 Å². The van der Waals surface area contributed by atoms with Gasteiger partial charge in [0.1, 0.15) is 13.2 Å². The molecule has 0 spiro atoms. The average Bonchev–Trinajstić information content (AvgIpc) is 3.43. The Labute approximate surface area is 479 Å². The maximum Gasteiger partial charge on any atom is 0.306 e. The Morgan fingerprint density at radius 3 is 0.727 bits per heavy atom. The third-order valence-electron chi connectivity index (χ3n) is 15.0. The molecule has 0 aromatic heterocycles. The number of ether oxygens (including phenoxy) is 3. The van der Waals surface area contributed by atoms with Crippen LogP contribution >= 0.6 is 0 Å². The number of esters is 3. The lowest BCUT2D eigenvalue weighted by atomic mass is 10.0.